The molecule has 0 bridgehead atoms. The van der Waals surface area contributed by atoms with E-state index in [9.17, 15) is 9.70 Å². The maximum absolute atomic E-state index is 11.1. The van der Waals surface area contributed by atoms with Crippen molar-refractivity contribution in [1.29, 1.82) is 0 Å². The maximum atomic E-state index is 11.1. The summed E-state index contributed by atoms with van der Waals surface area (Å²) in [5.74, 6) is -0.342. The van der Waals surface area contributed by atoms with Crippen LogP contribution in [0.1, 0.15) is 5.56 Å². The van der Waals surface area contributed by atoms with E-state index in [0.717, 1.165) is 0 Å². The second kappa shape index (κ2) is 11.4. The van der Waals surface area contributed by atoms with Gasteiger partial charge in [-0.3, -0.25) is 4.79 Å². The molecule has 0 saturated heterocycles. The van der Waals surface area contributed by atoms with Crippen molar-refractivity contribution in [3.8, 4) is 5.75 Å². The molecule has 11 heteroatoms. The Morgan fingerprint density at radius 3 is 2.42 bits per heavy atom. The molecule has 0 aliphatic carbocycles. The van der Waals surface area contributed by atoms with Gasteiger partial charge in [0.15, 0.2) is 0 Å². The number of para-hydroxylation sites is 1. The number of nitroso groups, excluding NO2 is 1. The minimum atomic E-state index is -0.786. The van der Waals surface area contributed by atoms with Crippen molar-refractivity contribution in [3.05, 3.63) is 55.6 Å². The summed E-state index contributed by atoms with van der Waals surface area (Å²) in [6, 6.07) is 6.76. The monoisotopic (exact) mass is 333 g/mol. The number of carbonyl (C=O) groups is 1. The van der Waals surface area contributed by atoms with Gasteiger partial charge in [-0.05, 0) is 17.1 Å². The van der Waals surface area contributed by atoms with Crippen molar-refractivity contribution in [2.45, 2.75) is 12.5 Å². The number of nitrogens with zero attached hydrogens (tertiary/aromatic N) is 7. The molecular formula is C13H15N7O4. The molecule has 1 aromatic rings. The van der Waals surface area contributed by atoms with E-state index in [1.54, 1.807) is 24.3 Å². The van der Waals surface area contributed by atoms with Gasteiger partial charge in [0.2, 0.25) is 0 Å². The molecule has 126 valence electrons. The van der Waals surface area contributed by atoms with Gasteiger partial charge in [-0.2, -0.15) is 0 Å². The Kier molecular flexibility index (Phi) is 9.02. The molecule has 1 amide bonds. The first-order valence-electron chi connectivity index (χ1n) is 6.91. The van der Waals surface area contributed by atoms with Crippen LogP contribution in [0.3, 0.4) is 0 Å². The molecule has 0 aromatic heterocycles. The largest absolute Gasteiger partial charge is 0.491 e. The maximum Gasteiger partial charge on any atom is 0.290 e. The molecule has 0 spiro atoms. The number of benzene rings is 1. The Morgan fingerprint density at radius 2 is 1.79 bits per heavy atom. The Balaban J connectivity index is 2.51. The van der Waals surface area contributed by atoms with Gasteiger partial charge < -0.3 is 9.47 Å². The third kappa shape index (κ3) is 7.23. The lowest BCUT2D eigenvalue weighted by molar-refractivity contribution is -0.117. The number of hydrogen-bond donors (Lipinski definition) is 0. The Bertz CT molecular complexity index is 633. The van der Waals surface area contributed by atoms with E-state index in [1.807, 2.05) is 0 Å². The second-order valence-electron chi connectivity index (χ2n) is 4.44. The highest BCUT2D eigenvalue weighted by molar-refractivity contribution is 5.79. The first kappa shape index (κ1) is 18.9. The molecule has 0 saturated carbocycles. The highest BCUT2D eigenvalue weighted by Gasteiger charge is 2.10. The lowest BCUT2D eigenvalue weighted by Crippen LogP contribution is -2.23. The van der Waals surface area contributed by atoms with Crippen LogP contribution in [0, 0.1) is 4.91 Å². The predicted octanol–water partition coefficient (Wildman–Crippen LogP) is 2.91. The van der Waals surface area contributed by atoms with E-state index < -0.39 is 12.0 Å². The molecule has 1 rings (SSSR count). The minimum Gasteiger partial charge on any atom is -0.491 e. The van der Waals surface area contributed by atoms with Gasteiger partial charge in [0, 0.05) is 20.6 Å². The molecule has 24 heavy (non-hydrogen) atoms. The summed E-state index contributed by atoms with van der Waals surface area (Å²) < 4.78 is 10.9. The zero-order chi connectivity index (χ0) is 17.6. The average molecular weight is 333 g/mol. The van der Waals surface area contributed by atoms with Crippen molar-refractivity contribution in [1.82, 2.24) is 0 Å². The van der Waals surface area contributed by atoms with Crippen LogP contribution in [0.25, 0.3) is 20.9 Å². The normalized spacial score (nSPS) is 10.8. The quantitative estimate of drug-likeness (QED) is 0.200. The van der Waals surface area contributed by atoms with Crippen molar-refractivity contribution >= 4 is 5.91 Å². The van der Waals surface area contributed by atoms with Crippen LogP contribution in [0.5, 0.6) is 5.75 Å². The van der Waals surface area contributed by atoms with Crippen LogP contribution >= 0.6 is 0 Å². The van der Waals surface area contributed by atoms with E-state index in [2.05, 4.69) is 25.2 Å². The summed E-state index contributed by atoms with van der Waals surface area (Å²) in [5.41, 5.74) is 17.1. The number of ether oxygens (including phenoxy) is 2. The lowest BCUT2D eigenvalue weighted by atomic mass is 10.1. The fraction of sp³-hybridized carbons (Fsp3) is 0.462. The van der Waals surface area contributed by atoms with Crippen LogP contribution in [0.2, 0.25) is 0 Å². The minimum absolute atomic E-state index is 0.0333. The summed E-state index contributed by atoms with van der Waals surface area (Å²) in [6.07, 6.45) is -0.687. The fourth-order valence-corrected chi connectivity index (χ4v) is 1.77. The van der Waals surface area contributed by atoms with Crippen molar-refractivity contribution in [2.75, 3.05) is 26.3 Å². The first-order valence-corrected chi connectivity index (χ1v) is 6.91. The molecule has 0 atom stereocenters. The van der Waals surface area contributed by atoms with Crippen molar-refractivity contribution in [3.63, 3.8) is 0 Å². The van der Waals surface area contributed by atoms with Gasteiger partial charge >= 0.3 is 0 Å². The Hall–Kier alpha value is -3.13. The SMILES string of the molecule is [N-]=[N+]=NCC(CN=[N+]=[N-])OCCOc1ccccc1CC(=O)N=O. The van der Waals surface area contributed by atoms with E-state index >= 15 is 0 Å². The van der Waals surface area contributed by atoms with E-state index in [0.29, 0.717) is 11.3 Å². The molecule has 0 fully saturated rings. The molecule has 0 N–H and O–H groups in total. The fourth-order valence-electron chi connectivity index (χ4n) is 1.77. The van der Waals surface area contributed by atoms with E-state index in [4.69, 9.17) is 20.5 Å². The lowest BCUT2D eigenvalue weighted by Gasteiger charge is -2.14. The molecular weight excluding hydrogens is 318 g/mol. The molecule has 0 aliphatic rings. The van der Waals surface area contributed by atoms with E-state index in [1.165, 1.54) is 0 Å². The average Bonchev–Trinajstić information content (AvgIpc) is 2.61. The zero-order valence-electron chi connectivity index (χ0n) is 12.7. The van der Waals surface area contributed by atoms with Crippen LogP contribution in [-0.4, -0.2) is 38.3 Å². The van der Waals surface area contributed by atoms with Gasteiger partial charge in [-0.1, -0.05) is 28.4 Å². The van der Waals surface area contributed by atoms with Crippen LogP contribution < -0.4 is 4.74 Å². The van der Waals surface area contributed by atoms with E-state index in [-0.39, 0.29) is 32.7 Å². The smallest absolute Gasteiger partial charge is 0.290 e. The van der Waals surface area contributed by atoms with Crippen LogP contribution in [0.4, 0.5) is 0 Å². The Morgan fingerprint density at radius 1 is 1.12 bits per heavy atom. The second-order valence-corrected chi connectivity index (χ2v) is 4.44. The third-order valence-corrected chi connectivity index (χ3v) is 2.81. The topological polar surface area (TPSA) is 162 Å². The summed E-state index contributed by atoms with van der Waals surface area (Å²) in [4.78, 5) is 26.6. The highest BCUT2D eigenvalue weighted by Crippen LogP contribution is 2.18. The molecule has 11 nitrogen and oxygen atoms in total. The summed E-state index contributed by atoms with van der Waals surface area (Å²) >= 11 is 0. The number of amides is 1. The van der Waals surface area contributed by atoms with Crippen molar-refractivity contribution < 1.29 is 14.3 Å². The first-order chi connectivity index (χ1) is 11.7. The molecule has 0 unspecified atom stereocenters. The summed E-state index contributed by atoms with van der Waals surface area (Å²) in [7, 11) is 0. The van der Waals surface area contributed by atoms with Crippen LogP contribution in [-0.2, 0) is 16.0 Å². The summed E-state index contributed by atoms with van der Waals surface area (Å²) in [5, 5.41) is 9.10. The van der Waals surface area contributed by atoms with Gasteiger partial charge in [0.1, 0.15) is 12.4 Å². The highest BCUT2D eigenvalue weighted by atomic mass is 16.5. The van der Waals surface area contributed by atoms with Crippen LogP contribution in [0.15, 0.2) is 39.7 Å². The van der Waals surface area contributed by atoms with Gasteiger partial charge in [-0.25, -0.2) is 0 Å². The number of hydrogen-bond acceptors (Lipinski definition) is 6. The van der Waals surface area contributed by atoms with Crippen molar-refractivity contribution in [2.24, 2.45) is 15.4 Å². The number of rotatable bonds is 11. The predicted molar refractivity (Wildman–Crippen MR) is 84.2 cm³/mol. The number of azide groups is 2. The Labute approximate surface area is 136 Å². The third-order valence-electron chi connectivity index (χ3n) is 2.81. The standard InChI is InChI=1S/C13H15N7O4/c14-19-16-8-11(9-17-20-15)23-5-6-24-12-4-2-1-3-10(12)7-13(21)18-22/h1-4,11H,5-9H2. The summed E-state index contributed by atoms with van der Waals surface area (Å²) in [6.45, 7) is 0.376. The number of carbonyl (C=O) groups excluding carboxylic acids is 1. The molecule has 0 aliphatic heterocycles. The van der Waals surface area contributed by atoms with Gasteiger partial charge in [0.25, 0.3) is 5.91 Å². The van der Waals surface area contributed by atoms with Gasteiger partial charge in [0.05, 0.1) is 32.2 Å². The van der Waals surface area contributed by atoms with Gasteiger partial charge in [-0.15, -0.1) is 4.91 Å². The molecule has 0 heterocycles. The molecule has 0 radical (unpaired) electrons. The zero-order valence-corrected chi connectivity index (χ0v) is 12.7. The molecule has 1 aromatic carbocycles.